The highest BCUT2D eigenvalue weighted by Crippen LogP contribution is 2.49. The Balaban J connectivity index is 2.23. The van der Waals surface area contributed by atoms with Gasteiger partial charge in [0.2, 0.25) is 0 Å². The molecule has 19 heavy (non-hydrogen) atoms. The van der Waals surface area contributed by atoms with E-state index in [4.69, 9.17) is 5.73 Å². The summed E-state index contributed by atoms with van der Waals surface area (Å²) in [6.45, 7) is 2.83. The van der Waals surface area contributed by atoms with Crippen molar-refractivity contribution < 1.29 is 5.11 Å². The second kappa shape index (κ2) is 4.71. The Morgan fingerprint density at radius 2 is 2.00 bits per heavy atom. The number of benzene rings is 2. The number of phenolic OH excluding ortho intramolecular Hbond substituents is 1. The van der Waals surface area contributed by atoms with Crippen LogP contribution in [-0.2, 0) is 6.42 Å². The Kier molecular flexibility index (Phi) is 3.03. The van der Waals surface area contributed by atoms with Gasteiger partial charge in [0.1, 0.15) is 5.75 Å². The fourth-order valence-electron chi connectivity index (χ4n) is 3.13. The van der Waals surface area contributed by atoms with E-state index in [9.17, 15) is 5.11 Å². The molecule has 2 nitrogen and oxygen atoms in total. The molecule has 1 unspecified atom stereocenters. The van der Waals surface area contributed by atoms with Crippen LogP contribution in [0.15, 0.2) is 36.4 Å². The molecule has 3 rings (SSSR count). The highest BCUT2D eigenvalue weighted by Gasteiger charge is 2.30. The topological polar surface area (TPSA) is 46.2 Å². The maximum absolute atomic E-state index is 10.2. The molecular formula is C17H19NO. The average molecular weight is 253 g/mol. The number of hydrogen-bond acceptors (Lipinski definition) is 2. The molecule has 0 saturated heterocycles. The Morgan fingerprint density at radius 1 is 1.16 bits per heavy atom. The zero-order valence-electron chi connectivity index (χ0n) is 11.2. The molecule has 0 radical (unpaired) electrons. The van der Waals surface area contributed by atoms with Gasteiger partial charge < -0.3 is 10.8 Å². The van der Waals surface area contributed by atoms with Crippen molar-refractivity contribution in [1.82, 2.24) is 0 Å². The number of aromatic hydroxyl groups is 1. The molecule has 2 aromatic rings. The summed E-state index contributed by atoms with van der Waals surface area (Å²) in [5.41, 5.74) is 11.8. The quantitative estimate of drug-likeness (QED) is 0.880. The molecule has 0 heterocycles. The molecule has 1 aliphatic carbocycles. The third-order valence-electron chi connectivity index (χ3n) is 4.07. The summed E-state index contributed by atoms with van der Waals surface area (Å²) < 4.78 is 0. The van der Waals surface area contributed by atoms with Gasteiger partial charge in [-0.05, 0) is 47.7 Å². The molecule has 98 valence electrons. The summed E-state index contributed by atoms with van der Waals surface area (Å²) >= 11 is 0. The molecular weight excluding hydrogens is 234 g/mol. The van der Waals surface area contributed by atoms with Crippen molar-refractivity contribution >= 4 is 0 Å². The molecule has 0 amide bonds. The van der Waals surface area contributed by atoms with Crippen LogP contribution >= 0.6 is 0 Å². The third kappa shape index (κ3) is 1.83. The van der Waals surface area contributed by atoms with Crippen molar-refractivity contribution in [3.05, 3.63) is 53.1 Å². The van der Waals surface area contributed by atoms with Gasteiger partial charge in [-0.25, -0.2) is 0 Å². The van der Waals surface area contributed by atoms with E-state index in [1.165, 1.54) is 22.3 Å². The van der Waals surface area contributed by atoms with Gasteiger partial charge in [-0.15, -0.1) is 0 Å². The van der Waals surface area contributed by atoms with Gasteiger partial charge in [0.15, 0.2) is 0 Å². The summed E-state index contributed by atoms with van der Waals surface area (Å²) in [5.74, 6) is 0.705. The first-order valence-corrected chi connectivity index (χ1v) is 6.91. The van der Waals surface area contributed by atoms with Crippen molar-refractivity contribution in [3.63, 3.8) is 0 Å². The number of nitrogens with two attached hydrogens (primary N) is 1. The van der Waals surface area contributed by atoms with E-state index in [1.807, 2.05) is 6.07 Å². The van der Waals surface area contributed by atoms with Crippen LogP contribution in [-0.4, -0.2) is 11.7 Å². The fraction of sp³-hybridized carbons (Fsp3) is 0.294. The third-order valence-corrected chi connectivity index (χ3v) is 4.07. The lowest BCUT2D eigenvalue weighted by Crippen LogP contribution is -2.06. The largest absolute Gasteiger partial charge is 0.507 e. The van der Waals surface area contributed by atoms with Gasteiger partial charge >= 0.3 is 0 Å². The van der Waals surface area contributed by atoms with Gasteiger partial charge in [0.05, 0.1) is 0 Å². The van der Waals surface area contributed by atoms with Gasteiger partial charge in [-0.1, -0.05) is 37.3 Å². The molecule has 0 fully saturated rings. The van der Waals surface area contributed by atoms with Crippen LogP contribution in [0.3, 0.4) is 0 Å². The summed E-state index contributed by atoms with van der Waals surface area (Å²) in [4.78, 5) is 0. The molecule has 1 atom stereocenters. The number of fused-ring (bicyclic) bond motifs is 3. The predicted octanol–water partition coefficient (Wildman–Crippen LogP) is 3.42. The Morgan fingerprint density at radius 3 is 2.74 bits per heavy atom. The summed E-state index contributed by atoms with van der Waals surface area (Å²) in [6, 6.07) is 12.4. The van der Waals surface area contributed by atoms with Crippen molar-refractivity contribution in [2.45, 2.75) is 25.7 Å². The van der Waals surface area contributed by atoms with Gasteiger partial charge in [-0.3, -0.25) is 0 Å². The molecule has 3 N–H and O–H groups in total. The average Bonchev–Trinajstić information content (AvgIpc) is 2.74. The minimum absolute atomic E-state index is 0.327. The molecule has 0 aliphatic heterocycles. The zero-order valence-corrected chi connectivity index (χ0v) is 11.2. The normalized spacial score (nSPS) is 16.2. The monoisotopic (exact) mass is 253 g/mol. The smallest absolute Gasteiger partial charge is 0.123 e. The lowest BCUT2D eigenvalue weighted by Gasteiger charge is -2.12. The first-order chi connectivity index (χ1) is 9.26. The van der Waals surface area contributed by atoms with Crippen LogP contribution in [0.1, 0.15) is 36.0 Å². The second-order valence-corrected chi connectivity index (χ2v) is 5.15. The van der Waals surface area contributed by atoms with Crippen LogP contribution in [0.5, 0.6) is 5.75 Å². The molecule has 2 heteroatoms. The Bertz CT molecular complexity index is 619. The molecule has 0 spiro atoms. The van der Waals surface area contributed by atoms with Crippen LogP contribution in [0.2, 0.25) is 0 Å². The Hall–Kier alpha value is -1.80. The van der Waals surface area contributed by atoms with Crippen LogP contribution < -0.4 is 5.73 Å². The summed E-state index contributed by atoms with van der Waals surface area (Å²) in [6.07, 6.45) is 1.96. The summed E-state index contributed by atoms with van der Waals surface area (Å²) in [5, 5.41) is 10.2. The first-order valence-electron chi connectivity index (χ1n) is 6.91. The van der Waals surface area contributed by atoms with Crippen LogP contribution in [0, 0.1) is 0 Å². The second-order valence-electron chi connectivity index (χ2n) is 5.15. The summed E-state index contributed by atoms with van der Waals surface area (Å²) in [7, 11) is 0. The van der Waals surface area contributed by atoms with E-state index in [2.05, 4.69) is 31.2 Å². The molecule has 1 aliphatic rings. The maximum Gasteiger partial charge on any atom is 0.123 e. The van der Waals surface area contributed by atoms with Crippen molar-refractivity contribution in [3.8, 4) is 16.9 Å². The molecule has 0 aromatic heterocycles. The molecule has 2 aromatic carbocycles. The number of aryl methyl sites for hydroxylation is 1. The van der Waals surface area contributed by atoms with Crippen molar-refractivity contribution in [2.75, 3.05) is 6.54 Å². The Labute approximate surface area is 113 Å². The number of phenols is 1. The van der Waals surface area contributed by atoms with E-state index in [1.54, 1.807) is 6.07 Å². The predicted molar refractivity (Wildman–Crippen MR) is 78.4 cm³/mol. The zero-order chi connectivity index (χ0) is 13.4. The SMILES string of the molecule is CCc1ccc2c(c1)C(CCN)c1cccc(O)c1-2. The standard InChI is InChI=1S/C17H19NO/c1-2-11-6-7-14-15(10-11)12(8-9-18)13-4-3-5-16(19)17(13)14/h3-7,10,12,19H,2,8-9,18H2,1H3. The highest BCUT2D eigenvalue weighted by atomic mass is 16.3. The first kappa shape index (κ1) is 12.2. The maximum atomic E-state index is 10.2. The van der Waals surface area contributed by atoms with Crippen LogP contribution in [0.4, 0.5) is 0 Å². The minimum atomic E-state index is 0.327. The van der Waals surface area contributed by atoms with E-state index >= 15 is 0 Å². The van der Waals surface area contributed by atoms with Crippen LogP contribution in [0.25, 0.3) is 11.1 Å². The van der Waals surface area contributed by atoms with Gasteiger partial charge in [0.25, 0.3) is 0 Å². The van der Waals surface area contributed by atoms with Gasteiger partial charge in [-0.2, -0.15) is 0 Å². The van der Waals surface area contributed by atoms with Gasteiger partial charge in [0, 0.05) is 11.5 Å². The highest BCUT2D eigenvalue weighted by molar-refractivity contribution is 5.83. The molecule has 0 saturated carbocycles. The van der Waals surface area contributed by atoms with E-state index in [0.29, 0.717) is 18.2 Å². The van der Waals surface area contributed by atoms with E-state index < -0.39 is 0 Å². The van der Waals surface area contributed by atoms with E-state index in [0.717, 1.165) is 18.4 Å². The van der Waals surface area contributed by atoms with E-state index in [-0.39, 0.29) is 0 Å². The van der Waals surface area contributed by atoms with Crippen molar-refractivity contribution in [1.29, 1.82) is 0 Å². The fourth-order valence-corrected chi connectivity index (χ4v) is 3.13. The lowest BCUT2D eigenvalue weighted by molar-refractivity contribution is 0.477. The molecule has 0 bridgehead atoms. The number of hydrogen-bond donors (Lipinski definition) is 2. The van der Waals surface area contributed by atoms with Crippen molar-refractivity contribution in [2.24, 2.45) is 5.73 Å². The lowest BCUT2D eigenvalue weighted by atomic mass is 9.92. The number of rotatable bonds is 3. The minimum Gasteiger partial charge on any atom is -0.507 e.